The summed E-state index contributed by atoms with van der Waals surface area (Å²) >= 11 is 0. The van der Waals surface area contributed by atoms with E-state index in [1.807, 2.05) is 27.7 Å². The number of hydrogen-bond acceptors (Lipinski definition) is 5. The fraction of sp³-hybridized carbons (Fsp3) is 0.500. The van der Waals surface area contributed by atoms with Crippen molar-refractivity contribution in [2.75, 3.05) is 6.54 Å². The Balaban J connectivity index is 2.00. The summed E-state index contributed by atoms with van der Waals surface area (Å²) in [7, 11) is 0. The van der Waals surface area contributed by atoms with Crippen LogP contribution in [-0.2, 0) is 0 Å². The van der Waals surface area contributed by atoms with Crippen molar-refractivity contribution in [3.8, 4) is 11.5 Å². The highest BCUT2D eigenvalue weighted by Crippen LogP contribution is 2.25. The predicted molar refractivity (Wildman–Crippen MR) is 91.4 cm³/mol. The quantitative estimate of drug-likeness (QED) is 0.850. The number of carbonyl (C=O) groups excluding carboxylic acids is 1. The molecule has 0 aliphatic rings. The number of aliphatic hydroxyl groups excluding tert-OH is 1. The first-order valence-corrected chi connectivity index (χ1v) is 8.07. The molecular formula is C18H25N3O3. The molecule has 1 atom stereocenters. The second-order valence-corrected chi connectivity index (χ2v) is 7.06. The van der Waals surface area contributed by atoms with Crippen LogP contribution in [0.4, 0.5) is 0 Å². The second-order valence-electron chi connectivity index (χ2n) is 7.06. The molecule has 2 aromatic rings. The van der Waals surface area contributed by atoms with Gasteiger partial charge in [0.25, 0.3) is 5.91 Å². The highest BCUT2D eigenvalue weighted by molar-refractivity contribution is 5.94. The lowest BCUT2D eigenvalue weighted by Gasteiger charge is -2.33. The normalized spacial score (nSPS) is 13.1. The molecule has 6 nitrogen and oxygen atoms in total. The summed E-state index contributed by atoms with van der Waals surface area (Å²) < 4.78 is 5.36. The number of aliphatic hydroxyl groups is 1. The molecule has 1 aromatic carbocycles. The van der Waals surface area contributed by atoms with E-state index in [0.29, 0.717) is 23.9 Å². The van der Waals surface area contributed by atoms with E-state index in [4.69, 9.17) is 4.42 Å². The summed E-state index contributed by atoms with van der Waals surface area (Å²) in [6, 6.07) is 6.98. The number of nitrogens with zero attached hydrogens (tertiary/aromatic N) is 2. The van der Waals surface area contributed by atoms with Gasteiger partial charge in [-0.15, -0.1) is 10.2 Å². The maximum atomic E-state index is 12.3. The monoisotopic (exact) mass is 331 g/mol. The predicted octanol–water partition coefficient (Wildman–Crippen LogP) is 2.82. The van der Waals surface area contributed by atoms with Gasteiger partial charge in [-0.2, -0.15) is 0 Å². The number of carbonyl (C=O) groups is 1. The van der Waals surface area contributed by atoms with Crippen molar-refractivity contribution in [3.63, 3.8) is 0 Å². The van der Waals surface area contributed by atoms with Gasteiger partial charge in [-0.25, -0.2) is 0 Å². The van der Waals surface area contributed by atoms with E-state index in [2.05, 4.69) is 15.5 Å². The van der Waals surface area contributed by atoms with Crippen LogP contribution < -0.4 is 5.32 Å². The van der Waals surface area contributed by atoms with Crippen molar-refractivity contribution in [1.82, 2.24) is 15.5 Å². The number of aromatic nitrogens is 2. The Kier molecular flexibility index (Phi) is 5.39. The Labute approximate surface area is 142 Å². The van der Waals surface area contributed by atoms with Crippen LogP contribution in [0.25, 0.3) is 11.5 Å². The molecule has 1 aromatic heterocycles. The van der Waals surface area contributed by atoms with Crippen LogP contribution in [-0.4, -0.2) is 33.9 Å². The minimum absolute atomic E-state index is 0.133. The van der Waals surface area contributed by atoms with E-state index < -0.39 is 11.5 Å². The SMILES string of the molecule is Cc1nnc(-c2ccc(C(=O)NCC(C)(C)C(O)C(C)C)cc2)o1. The molecule has 24 heavy (non-hydrogen) atoms. The molecule has 0 fully saturated rings. The molecule has 0 radical (unpaired) electrons. The van der Waals surface area contributed by atoms with Crippen LogP contribution in [0.5, 0.6) is 0 Å². The van der Waals surface area contributed by atoms with Crippen LogP contribution in [0.2, 0.25) is 0 Å². The first-order chi connectivity index (χ1) is 11.2. The van der Waals surface area contributed by atoms with Crippen LogP contribution >= 0.6 is 0 Å². The molecule has 6 heteroatoms. The van der Waals surface area contributed by atoms with Crippen molar-refractivity contribution in [1.29, 1.82) is 0 Å². The largest absolute Gasteiger partial charge is 0.421 e. The molecular weight excluding hydrogens is 306 g/mol. The van der Waals surface area contributed by atoms with Gasteiger partial charge in [0.05, 0.1) is 6.10 Å². The van der Waals surface area contributed by atoms with E-state index in [-0.39, 0.29) is 11.8 Å². The molecule has 0 aliphatic carbocycles. The minimum atomic E-state index is -0.485. The van der Waals surface area contributed by atoms with Gasteiger partial charge in [0.2, 0.25) is 11.8 Å². The molecule has 1 unspecified atom stereocenters. The number of amides is 1. The van der Waals surface area contributed by atoms with Crippen LogP contribution in [0, 0.1) is 18.3 Å². The van der Waals surface area contributed by atoms with Gasteiger partial charge in [-0.05, 0) is 30.2 Å². The van der Waals surface area contributed by atoms with E-state index >= 15 is 0 Å². The lowest BCUT2D eigenvalue weighted by Crippen LogP contribution is -2.43. The highest BCUT2D eigenvalue weighted by atomic mass is 16.4. The maximum absolute atomic E-state index is 12.3. The fourth-order valence-electron chi connectivity index (χ4n) is 2.59. The summed E-state index contributed by atoms with van der Waals surface area (Å²) in [4.78, 5) is 12.3. The van der Waals surface area contributed by atoms with E-state index in [1.54, 1.807) is 31.2 Å². The van der Waals surface area contributed by atoms with Crippen molar-refractivity contribution in [2.45, 2.75) is 40.7 Å². The Morgan fingerprint density at radius 2 is 1.88 bits per heavy atom. The molecule has 130 valence electrons. The summed E-state index contributed by atoms with van der Waals surface area (Å²) in [5, 5.41) is 20.9. The number of hydrogen-bond donors (Lipinski definition) is 2. The third kappa shape index (κ3) is 4.20. The molecule has 0 saturated heterocycles. The third-order valence-electron chi connectivity index (χ3n) is 4.06. The molecule has 0 spiro atoms. The Hall–Kier alpha value is -2.21. The Morgan fingerprint density at radius 3 is 2.38 bits per heavy atom. The van der Waals surface area contributed by atoms with Crippen LogP contribution in [0.1, 0.15) is 43.9 Å². The Bertz CT molecular complexity index is 690. The van der Waals surface area contributed by atoms with Gasteiger partial charge in [0, 0.05) is 30.0 Å². The third-order valence-corrected chi connectivity index (χ3v) is 4.06. The van der Waals surface area contributed by atoms with Crippen molar-refractivity contribution >= 4 is 5.91 Å². The highest BCUT2D eigenvalue weighted by Gasteiger charge is 2.30. The fourth-order valence-corrected chi connectivity index (χ4v) is 2.59. The van der Waals surface area contributed by atoms with E-state index in [9.17, 15) is 9.90 Å². The topological polar surface area (TPSA) is 88.2 Å². The number of rotatable bonds is 6. The molecule has 0 bridgehead atoms. The Morgan fingerprint density at radius 1 is 1.25 bits per heavy atom. The lowest BCUT2D eigenvalue weighted by molar-refractivity contribution is 0.0138. The summed E-state index contributed by atoms with van der Waals surface area (Å²) in [6.07, 6.45) is -0.485. The molecule has 2 N–H and O–H groups in total. The van der Waals surface area contributed by atoms with Gasteiger partial charge >= 0.3 is 0 Å². The van der Waals surface area contributed by atoms with Crippen LogP contribution in [0.3, 0.4) is 0 Å². The van der Waals surface area contributed by atoms with Crippen molar-refractivity contribution in [3.05, 3.63) is 35.7 Å². The molecule has 2 rings (SSSR count). The minimum Gasteiger partial charge on any atom is -0.421 e. The van der Waals surface area contributed by atoms with E-state index in [0.717, 1.165) is 5.56 Å². The smallest absolute Gasteiger partial charge is 0.251 e. The van der Waals surface area contributed by atoms with Crippen molar-refractivity contribution in [2.24, 2.45) is 11.3 Å². The van der Waals surface area contributed by atoms with Crippen LogP contribution in [0.15, 0.2) is 28.7 Å². The van der Waals surface area contributed by atoms with E-state index in [1.165, 1.54) is 0 Å². The average Bonchev–Trinajstić information content (AvgIpc) is 2.98. The summed E-state index contributed by atoms with van der Waals surface area (Å²) in [6.45, 7) is 9.94. The molecule has 0 saturated carbocycles. The number of benzene rings is 1. The molecule has 1 heterocycles. The van der Waals surface area contributed by atoms with Gasteiger partial charge in [-0.3, -0.25) is 4.79 Å². The average molecular weight is 331 g/mol. The summed E-state index contributed by atoms with van der Waals surface area (Å²) in [5.41, 5.74) is 0.915. The zero-order chi connectivity index (χ0) is 17.9. The molecule has 1 amide bonds. The summed E-state index contributed by atoms with van der Waals surface area (Å²) in [5.74, 6) is 0.889. The maximum Gasteiger partial charge on any atom is 0.251 e. The zero-order valence-corrected chi connectivity index (χ0v) is 14.8. The van der Waals surface area contributed by atoms with Gasteiger partial charge < -0.3 is 14.8 Å². The van der Waals surface area contributed by atoms with Gasteiger partial charge in [0.15, 0.2) is 0 Å². The van der Waals surface area contributed by atoms with Gasteiger partial charge in [0.1, 0.15) is 0 Å². The number of nitrogens with one attached hydrogen (secondary N) is 1. The van der Waals surface area contributed by atoms with Crippen molar-refractivity contribution < 1.29 is 14.3 Å². The first kappa shape index (κ1) is 18.1. The van der Waals surface area contributed by atoms with Gasteiger partial charge in [-0.1, -0.05) is 27.7 Å². The standard InChI is InChI=1S/C18H25N3O3/c1-11(2)15(22)18(4,5)10-19-16(23)13-6-8-14(9-7-13)17-21-20-12(3)24-17/h6-9,11,15,22H,10H2,1-5H3,(H,19,23). The zero-order valence-electron chi connectivity index (χ0n) is 14.8. The lowest BCUT2D eigenvalue weighted by atomic mass is 9.80. The number of aryl methyl sites for hydroxylation is 1. The molecule has 0 aliphatic heterocycles. The first-order valence-electron chi connectivity index (χ1n) is 8.07. The second kappa shape index (κ2) is 7.13.